The number of rotatable bonds is 8. The van der Waals surface area contributed by atoms with Gasteiger partial charge < -0.3 is 20.4 Å². The van der Waals surface area contributed by atoms with Gasteiger partial charge in [-0.1, -0.05) is 18.2 Å². The Balaban J connectivity index is 2.72. The fourth-order valence-corrected chi connectivity index (χ4v) is 3.54. The third-order valence-corrected chi connectivity index (χ3v) is 4.78. The Morgan fingerprint density at radius 3 is 2.22 bits per heavy atom. The average Bonchev–Trinajstić information content (AvgIpc) is 2.61. The van der Waals surface area contributed by atoms with E-state index in [0.29, 0.717) is 35.1 Å². The molecule has 2 rings (SSSR count). The van der Waals surface area contributed by atoms with E-state index in [4.69, 9.17) is 5.11 Å². The lowest BCUT2D eigenvalue weighted by atomic mass is 9.76. The minimum absolute atomic E-state index is 0.00297. The molecule has 1 atom stereocenters. The number of unbranched alkanes of at least 4 members (excludes halogenated alkanes) is 1. The van der Waals surface area contributed by atoms with Crippen LogP contribution in [-0.4, -0.2) is 39.0 Å². The van der Waals surface area contributed by atoms with Gasteiger partial charge >= 0.3 is 11.9 Å². The average molecular weight is 372 g/mol. The van der Waals surface area contributed by atoms with E-state index >= 15 is 0 Å². The molecule has 27 heavy (non-hydrogen) atoms. The molecule has 2 aromatic carbocycles. The van der Waals surface area contributed by atoms with Gasteiger partial charge in [-0.25, -0.2) is 9.59 Å². The molecule has 0 aromatic heterocycles. The van der Waals surface area contributed by atoms with Crippen LogP contribution in [-0.2, 0) is 5.60 Å². The minimum atomic E-state index is -1.62. The van der Waals surface area contributed by atoms with Gasteiger partial charge in [-0.2, -0.15) is 0 Å². The molecular formula is C21H24O6. The molecule has 0 radical (unpaired) electrons. The highest BCUT2D eigenvalue weighted by atomic mass is 16.4. The van der Waals surface area contributed by atoms with Gasteiger partial charge in [0.25, 0.3) is 0 Å². The monoisotopic (exact) mass is 372 g/mol. The van der Waals surface area contributed by atoms with Gasteiger partial charge in [-0.15, -0.1) is 0 Å². The molecule has 0 heterocycles. The summed E-state index contributed by atoms with van der Waals surface area (Å²) in [5.41, 5.74) is 0.420. The first-order valence-corrected chi connectivity index (χ1v) is 8.73. The zero-order valence-corrected chi connectivity index (χ0v) is 15.4. The Hall–Kier alpha value is -2.70. The van der Waals surface area contributed by atoms with Gasteiger partial charge in [0.15, 0.2) is 0 Å². The second-order valence-corrected chi connectivity index (χ2v) is 6.68. The molecule has 0 saturated carbocycles. The van der Waals surface area contributed by atoms with Crippen LogP contribution in [0.25, 0.3) is 0 Å². The Bertz CT molecular complexity index is 858. The molecular weight excluding hydrogens is 348 g/mol. The van der Waals surface area contributed by atoms with E-state index < -0.39 is 17.5 Å². The predicted molar refractivity (Wildman–Crippen MR) is 100 cm³/mol. The molecule has 0 bridgehead atoms. The van der Waals surface area contributed by atoms with Crippen molar-refractivity contribution in [1.82, 2.24) is 0 Å². The van der Waals surface area contributed by atoms with Crippen LogP contribution in [0.3, 0.4) is 0 Å². The largest absolute Gasteiger partial charge is 0.478 e. The van der Waals surface area contributed by atoms with Crippen molar-refractivity contribution in [3.8, 4) is 0 Å². The first kappa shape index (κ1) is 20.6. The number of aryl methyl sites for hydroxylation is 2. The number of aliphatic hydroxyl groups is 2. The molecule has 1 unspecified atom stereocenters. The van der Waals surface area contributed by atoms with Crippen molar-refractivity contribution in [2.75, 3.05) is 6.61 Å². The fraction of sp³-hybridized carbons (Fsp3) is 0.333. The summed E-state index contributed by atoms with van der Waals surface area (Å²) in [5.74, 6) is -2.22. The number of aliphatic hydroxyl groups excluding tert-OH is 1. The molecule has 6 nitrogen and oxygen atoms in total. The molecule has 0 spiro atoms. The predicted octanol–water partition coefficient (Wildman–Crippen LogP) is 3.10. The number of carbonyl (C=O) groups is 2. The summed E-state index contributed by atoms with van der Waals surface area (Å²) in [4.78, 5) is 23.0. The zero-order valence-electron chi connectivity index (χ0n) is 15.4. The van der Waals surface area contributed by atoms with Crippen molar-refractivity contribution < 1.29 is 30.0 Å². The number of hydrogen-bond acceptors (Lipinski definition) is 4. The lowest BCUT2D eigenvalue weighted by Gasteiger charge is -2.33. The van der Waals surface area contributed by atoms with E-state index in [0.717, 1.165) is 0 Å². The Morgan fingerprint density at radius 2 is 1.67 bits per heavy atom. The van der Waals surface area contributed by atoms with E-state index in [1.54, 1.807) is 26.0 Å². The first-order valence-electron chi connectivity index (χ1n) is 8.73. The lowest BCUT2D eigenvalue weighted by Crippen LogP contribution is -2.32. The van der Waals surface area contributed by atoms with Crippen molar-refractivity contribution in [2.24, 2.45) is 0 Å². The Kier molecular flexibility index (Phi) is 6.36. The van der Waals surface area contributed by atoms with E-state index in [1.165, 1.54) is 24.3 Å². The summed E-state index contributed by atoms with van der Waals surface area (Å²) in [7, 11) is 0. The molecule has 2 aromatic rings. The van der Waals surface area contributed by atoms with Gasteiger partial charge in [0, 0.05) is 12.2 Å². The fourth-order valence-electron chi connectivity index (χ4n) is 3.54. The van der Waals surface area contributed by atoms with Crippen LogP contribution in [0.5, 0.6) is 0 Å². The molecule has 0 aliphatic heterocycles. The molecule has 4 N–H and O–H groups in total. The van der Waals surface area contributed by atoms with Crippen molar-refractivity contribution in [3.05, 3.63) is 69.8 Å². The van der Waals surface area contributed by atoms with Gasteiger partial charge in [-0.05, 0) is 68.0 Å². The van der Waals surface area contributed by atoms with Crippen LogP contribution in [0.2, 0.25) is 0 Å². The van der Waals surface area contributed by atoms with E-state index in [9.17, 15) is 24.9 Å². The van der Waals surface area contributed by atoms with Crippen LogP contribution in [0, 0.1) is 13.8 Å². The topological polar surface area (TPSA) is 115 Å². The minimum Gasteiger partial charge on any atom is -0.478 e. The SMILES string of the molecule is Cc1cc(C(=O)O)ccc1C(O)(CCCCO)c1c(C)cccc1C(=O)O. The molecule has 0 aliphatic carbocycles. The quantitative estimate of drug-likeness (QED) is 0.529. The highest BCUT2D eigenvalue weighted by molar-refractivity contribution is 5.91. The molecule has 0 amide bonds. The van der Waals surface area contributed by atoms with Crippen molar-refractivity contribution in [2.45, 2.75) is 38.7 Å². The van der Waals surface area contributed by atoms with Crippen LogP contribution in [0.1, 0.15) is 62.2 Å². The smallest absolute Gasteiger partial charge is 0.336 e. The molecule has 6 heteroatoms. The summed E-state index contributed by atoms with van der Waals surface area (Å²) in [6.07, 6.45) is 1.13. The first-order chi connectivity index (χ1) is 12.7. The summed E-state index contributed by atoms with van der Waals surface area (Å²) >= 11 is 0. The molecule has 144 valence electrons. The van der Waals surface area contributed by atoms with Crippen molar-refractivity contribution in [3.63, 3.8) is 0 Å². The van der Waals surface area contributed by atoms with Gasteiger partial charge in [0.05, 0.1) is 11.1 Å². The molecule has 0 aliphatic rings. The summed E-state index contributed by atoms with van der Waals surface area (Å²) in [5, 5.41) is 39.6. The summed E-state index contributed by atoms with van der Waals surface area (Å²) in [6.45, 7) is 3.39. The maximum atomic E-state index is 11.8. The maximum Gasteiger partial charge on any atom is 0.336 e. The highest BCUT2D eigenvalue weighted by Crippen LogP contribution is 2.40. The Morgan fingerprint density at radius 1 is 0.963 bits per heavy atom. The molecule has 0 fully saturated rings. The zero-order chi connectivity index (χ0) is 20.2. The summed E-state index contributed by atoms with van der Waals surface area (Å²) < 4.78 is 0. The number of aromatic carboxylic acids is 2. The second kappa shape index (κ2) is 8.33. The van der Waals surface area contributed by atoms with Crippen molar-refractivity contribution in [1.29, 1.82) is 0 Å². The number of hydrogen-bond donors (Lipinski definition) is 4. The van der Waals surface area contributed by atoms with E-state index in [-0.39, 0.29) is 24.2 Å². The lowest BCUT2D eigenvalue weighted by molar-refractivity contribution is 0.0571. The third-order valence-electron chi connectivity index (χ3n) is 4.78. The number of carboxylic acid groups (broad SMARTS) is 2. The Labute approximate surface area is 157 Å². The van der Waals surface area contributed by atoms with Gasteiger partial charge in [0.2, 0.25) is 0 Å². The highest BCUT2D eigenvalue weighted by Gasteiger charge is 2.37. The van der Waals surface area contributed by atoms with Crippen LogP contribution in [0.15, 0.2) is 36.4 Å². The van der Waals surface area contributed by atoms with Crippen LogP contribution < -0.4 is 0 Å². The third kappa shape index (κ3) is 4.18. The van der Waals surface area contributed by atoms with Gasteiger partial charge in [0.1, 0.15) is 5.60 Å². The maximum absolute atomic E-state index is 11.8. The standard InChI is InChI=1S/C21H24O6/c1-13-6-5-7-16(20(25)26)18(13)21(27,10-3-4-11-22)17-9-8-15(19(23)24)12-14(17)2/h5-9,12,22,27H,3-4,10-11H2,1-2H3,(H,23,24)(H,25,26). The molecule has 0 saturated heterocycles. The second-order valence-electron chi connectivity index (χ2n) is 6.68. The van der Waals surface area contributed by atoms with Crippen molar-refractivity contribution >= 4 is 11.9 Å². The normalized spacial score (nSPS) is 13.2. The van der Waals surface area contributed by atoms with E-state index in [1.807, 2.05) is 0 Å². The van der Waals surface area contributed by atoms with Gasteiger partial charge in [-0.3, -0.25) is 0 Å². The van der Waals surface area contributed by atoms with E-state index in [2.05, 4.69) is 0 Å². The number of benzene rings is 2. The van der Waals surface area contributed by atoms with Crippen LogP contribution >= 0.6 is 0 Å². The van der Waals surface area contributed by atoms with Crippen LogP contribution in [0.4, 0.5) is 0 Å². The summed E-state index contributed by atoms with van der Waals surface area (Å²) in [6, 6.07) is 9.21. The number of carboxylic acids is 2.